The minimum absolute atomic E-state index is 0.0832. The molecule has 17 rings (SSSR count). The van der Waals surface area contributed by atoms with Crippen LogP contribution in [0.15, 0.2) is 243 Å². The normalized spacial score (nSPS) is 14.8. The van der Waals surface area contributed by atoms with Crippen LogP contribution in [0.5, 0.6) is 0 Å². The van der Waals surface area contributed by atoms with Crippen molar-refractivity contribution >= 4 is 64.6 Å². The summed E-state index contributed by atoms with van der Waals surface area (Å²) in [6.45, 7) is 14.6. The lowest BCUT2D eigenvalue weighted by atomic mass is 9.78. The summed E-state index contributed by atoms with van der Waals surface area (Å²) in [5.41, 5.74) is 26.2. The highest BCUT2D eigenvalue weighted by atomic mass is 14.4. The molecule has 0 aliphatic heterocycles. The van der Waals surface area contributed by atoms with Gasteiger partial charge in [-0.1, -0.05) is 254 Å². The summed E-state index contributed by atoms with van der Waals surface area (Å²) in [7, 11) is 0. The summed E-state index contributed by atoms with van der Waals surface area (Å²) in [4.78, 5) is 0. The van der Waals surface area contributed by atoms with E-state index in [1.54, 1.807) is 0 Å². The van der Waals surface area contributed by atoms with E-state index in [9.17, 15) is 0 Å². The van der Waals surface area contributed by atoms with Gasteiger partial charge in [-0.25, -0.2) is 0 Å². The highest BCUT2D eigenvalue weighted by Gasteiger charge is 2.42. The first-order valence-corrected chi connectivity index (χ1v) is 29.0. The Labute approximate surface area is 473 Å². The van der Waals surface area contributed by atoms with Gasteiger partial charge in [0.1, 0.15) is 0 Å². The van der Waals surface area contributed by atoms with Crippen molar-refractivity contribution in [3.8, 4) is 77.9 Å². The summed E-state index contributed by atoms with van der Waals surface area (Å²) in [6, 6.07) is 92.8. The Balaban J connectivity index is 0.840. The number of hydrogen-bond donors (Lipinski definition) is 0. The van der Waals surface area contributed by atoms with Crippen molar-refractivity contribution in [2.75, 3.05) is 0 Å². The Morgan fingerprint density at radius 1 is 0.185 bits per heavy atom. The molecule has 14 aromatic rings. The molecule has 0 atom stereocenters. The molecule has 0 bridgehead atoms. The standard InChI is InChI=1S/C81H58/c1-79(2)69-37-20-19-31-59(69)60-39-38-48(42-70(60)79)65-43-71-75(61-32-15-11-27-53(61)65)76-63-34-17-13-29-55(63)67(45-73(76)80(71,3)4)57-40-41-58(52-26-10-9-25-51(52)57)68-46-74-78(64-35-18-14-30-56(64)68)77-62-33-16-12-28-54(62)66(44-72(77)81(74,5)6)50-36-21-23-47-22-7-8-24-49(47)50/h7-46H,1-6H3. The third-order valence-corrected chi connectivity index (χ3v) is 19.9. The molecule has 0 nitrogen and oxygen atoms in total. The molecule has 0 fully saturated rings. The number of fused-ring (bicyclic) bond motifs is 19. The molecule has 3 aliphatic rings. The Morgan fingerprint density at radius 2 is 0.481 bits per heavy atom. The van der Waals surface area contributed by atoms with E-state index in [0.29, 0.717) is 0 Å². The fourth-order valence-corrected chi connectivity index (χ4v) is 15.8. The summed E-state index contributed by atoms with van der Waals surface area (Å²) >= 11 is 0. The zero-order chi connectivity index (χ0) is 54.3. The van der Waals surface area contributed by atoms with Crippen LogP contribution < -0.4 is 0 Å². The maximum absolute atomic E-state index is 2.57. The lowest BCUT2D eigenvalue weighted by Crippen LogP contribution is -2.16. The Morgan fingerprint density at radius 3 is 0.951 bits per heavy atom. The number of rotatable bonds is 4. The molecule has 14 aromatic carbocycles. The van der Waals surface area contributed by atoms with Gasteiger partial charge in [0, 0.05) is 16.2 Å². The minimum Gasteiger partial charge on any atom is -0.0619 e. The highest BCUT2D eigenvalue weighted by molar-refractivity contribution is 6.22. The molecule has 0 unspecified atom stereocenters. The van der Waals surface area contributed by atoms with Crippen LogP contribution in [0.2, 0.25) is 0 Å². The van der Waals surface area contributed by atoms with Crippen molar-refractivity contribution in [2.45, 2.75) is 57.8 Å². The predicted octanol–water partition coefficient (Wildman–Crippen LogP) is 22.2. The van der Waals surface area contributed by atoms with E-state index in [-0.39, 0.29) is 16.2 Å². The highest BCUT2D eigenvalue weighted by Crippen LogP contribution is 2.60. The summed E-state index contributed by atoms with van der Waals surface area (Å²) in [6.07, 6.45) is 0. The average molecular weight is 1030 g/mol. The van der Waals surface area contributed by atoms with E-state index in [1.807, 2.05) is 0 Å². The molecule has 0 spiro atoms. The van der Waals surface area contributed by atoms with Crippen molar-refractivity contribution in [1.29, 1.82) is 0 Å². The quantitative estimate of drug-likeness (QED) is 0.165. The first-order chi connectivity index (χ1) is 39.5. The van der Waals surface area contributed by atoms with Crippen molar-refractivity contribution in [1.82, 2.24) is 0 Å². The zero-order valence-electron chi connectivity index (χ0n) is 46.6. The summed E-state index contributed by atoms with van der Waals surface area (Å²) in [5, 5.41) is 15.5. The van der Waals surface area contributed by atoms with Gasteiger partial charge in [-0.15, -0.1) is 0 Å². The zero-order valence-corrected chi connectivity index (χ0v) is 46.6. The number of hydrogen-bond acceptors (Lipinski definition) is 0. The summed E-state index contributed by atoms with van der Waals surface area (Å²) in [5.74, 6) is 0. The van der Waals surface area contributed by atoms with E-state index in [1.165, 1.54) is 176 Å². The van der Waals surface area contributed by atoms with Gasteiger partial charge in [0.2, 0.25) is 0 Å². The van der Waals surface area contributed by atoms with Crippen LogP contribution in [0.4, 0.5) is 0 Å². The van der Waals surface area contributed by atoms with E-state index in [2.05, 4.69) is 284 Å². The van der Waals surface area contributed by atoms with E-state index < -0.39 is 0 Å². The van der Waals surface area contributed by atoms with E-state index >= 15 is 0 Å². The molecule has 0 amide bonds. The molecule has 0 saturated heterocycles. The molecule has 0 heteroatoms. The van der Waals surface area contributed by atoms with Crippen LogP contribution in [0.1, 0.15) is 74.9 Å². The van der Waals surface area contributed by atoms with Gasteiger partial charge >= 0.3 is 0 Å². The lowest BCUT2D eigenvalue weighted by Gasteiger charge is -2.25. The summed E-state index contributed by atoms with van der Waals surface area (Å²) < 4.78 is 0. The maximum Gasteiger partial charge on any atom is 0.0159 e. The van der Waals surface area contributed by atoms with E-state index in [4.69, 9.17) is 0 Å². The second-order valence-corrected chi connectivity index (χ2v) is 25.0. The third kappa shape index (κ3) is 6.20. The van der Waals surface area contributed by atoms with Crippen LogP contribution in [0.3, 0.4) is 0 Å². The van der Waals surface area contributed by atoms with Gasteiger partial charge in [-0.2, -0.15) is 0 Å². The fourth-order valence-electron chi connectivity index (χ4n) is 15.8. The molecule has 3 aliphatic carbocycles. The largest absolute Gasteiger partial charge is 0.0619 e. The molecule has 81 heavy (non-hydrogen) atoms. The minimum atomic E-state index is -0.279. The van der Waals surface area contributed by atoms with Crippen LogP contribution >= 0.6 is 0 Å². The Kier molecular flexibility index (Phi) is 9.41. The van der Waals surface area contributed by atoms with Gasteiger partial charge in [0.25, 0.3) is 0 Å². The van der Waals surface area contributed by atoms with Crippen LogP contribution in [-0.4, -0.2) is 0 Å². The molecule has 0 N–H and O–H groups in total. The molecule has 382 valence electrons. The smallest absolute Gasteiger partial charge is 0.0159 e. The molecule has 0 heterocycles. The molecular weight excluding hydrogens is 973 g/mol. The topological polar surface area (TPSA) is 0 Å². The molecule has 0 aromatic heterocycles. The molecular formula is C81H58. The first-order valence-electron chi connectivity index (χ1n) is 29.0. The Hall–Kier alpha value is -9.36. The van der Waals surface area contributed by atoms with Crippen LogP contribution in [-0.2, 0) is 16.2 Å². The third-order valence-electron chi connectivity index (χ3n) is 19.9. The lowest BCUT2D eigenvalue weighted by molar-refractivity contribution is 0.660. The van der Waals surface area contributed by atoms with Crippen LogP contribution in [0.25, 0.3) is 143 Å². The molecule has 0 saturated carbocycles. The molecule has 0 radical (unpaired) electrons. The van der Waals surface area contributed by atoms with Gasteiger partial charge in [-0.3, -0.25) is 0 Å². The average Bonchev–Trinajstić information content (AvgIpc) is 2.04. The van der Waals surface area contributed by atoms with Gasteiger partial charge < -0.3 is 0 Å². The van der Waals surface area contributed by atoms with Crippen LogP contribution in [0, 0.1) is 0 Å². The number of benzene rings is 14. The van der Waals surface area contributed by atoms with Crippen molar-refractivity contribution < 1.29 is 0 Å². The van der Waals surface area contributed by atoms with Gasteiger partial charge in [-0.05, 0) is 206 Å². The SMILES string of the molecule is CC1(C)c2ccccc2-c2ccc(-c3cc4c(c5ccccc35)-c3c(cc(-c5ccc(-c6cc7c(c8ccccc68)-c6c(cc(-c8cccc9ccccc89)c8ccccc68)C7(C)C)c6ccccc56)c5ccccc35)C4(C)C)cc21. The van der Waals surface area contributed by atoms with Gasteiger partial charge in [0.05, 0.1) is 0 Å². The first kappa shape index (κ1) is 46.5. The second-order valence-electron chi connectivity index (χ2n) is 25.0. The predicted molar refractivity (Wildman–Crippen MR) is 346 cm³/mol. The maximum atomic E-state index is 2.57. The second kappa shape index (κ2) is 16.4. The van der Waals surface area contributed by atoms with Crippen molar-refractivity contribution in [3.05, 3.63) is 276 Å². The fraction of sp³-hybridized carbons (Fsp3) is 0.111. The van der Waals surface area contributed by atoms with Crippen molar-refractivity contribution in [3.63, 3.8) is 0 Å². The van der Waals surface area contributed by atoms with Gasteiger partial charge in [0.15, 0.2) is 0 Å². The van der Waals surface area contributed by atoms with Crippen molar-refractivity contribution in [2.24, 2.45) is 0 Å². The monoisotopic (exact) mass is 1030 g/mol. The van der Waals surface area contributed by atoms with E-state index in [0.717, 1.165) is 0 Å². The Bertz CT molecular complexity index is 5130.